The minimum Gasteiger partial charge on any atom is -0.474 e. The Labute approximate surface area is 181 Å². The summed E-state index contributed by atoms with van der Waals surface area (Å²) in [5, 5.41) is 2.72. The number of aromatic nitrogens is 1. The molecule has 9 heteroatoms. The minimum atomic E-state index is -3.77. The van der Waals surface area contributed by atoms with E-state index in [1.54, 1.807) is 37.6 Å². The molecule has 31 heavy (non-hydrogen) atoms. The number of hydrogen-bond acceptors (Lipinski definition) is 6. The average molecular weight is 442 g/mol. The number of ether oxygens (including phenoxy) is 2. The molecule has 0 atom stereocenters. The third-order valence-corrected chi connectivity index (χ3v) is 5.67. The van der Waals surface area contributed by atoms with Crippen molar-refractivity contribution < 1.29 is 22.7 Å². The molecule has 0 saturated carbocycles. The summed E-state index contributed by atoms with van der Waals surface area (Å²) in [6.45, 7) is 2.59. The van der Waals surface area contributed by atoms with E-state index in [2.05, 4.69) is 15.0 Å². The van der Waals surface area contributed by atoms with Crippen molar-refractivity contribution in [2.45, 2.75) is 11.8 Å². The molecule has 1 heterocycles. The molecule has 0 unspecified atom stereocenters. The van der Waals surface area contributed by atoms with Gasteiger partial charge < -0.3 is 14.8 Å². The monoisotopic (exact) mass is 441 g/mol. The van der Waals surface area contributed by atoms with Gasteiger partial charge in [0.15, 0.2) is 0 Å². The number of hydrogen-bond donors (Lipinski definition) is 2. The molecule has 1 aromatic heterocycles. The van der Waals surface area contributed by atoms with Crippen LogP contribution in [0.15, 0.2) is 71.8 Å². The van der Waals surface area contributed by atoms with Crippen molar-refractivity contribution in [3.05, 3.63) is 78.0 Å². The van der Waals surface area contributed by atoms with Gasteiger partial charge in [-0.3, -0.25) is 9.52 Å². The molecule has 162 valence electrons. The number of nitrogens with one attached hydrogen (secondary N) is 2. The number of nitrogens with zero attached hydrogens (tertiary/aromatic N) is 1. The normalized spacial score (nSPS) is 11.0. The summed E-state index contributed by atoms with van der Waals surface area (Å²) in [5.41, 5.74) is 2.19. The van der Waals surface area contributed by atoms with Gasteiger partial charge in [-0.05, 0) is 55.5 Å². The van der Waals surface area contributed by atoms with Gasteiger partial charge in [0.05, 0.1) is 11.5 Å². The molecule has 0 aliphatic carbocycles. The Morgan fingerprint density at radius 1 is 1.00 bits per heavy atom. The molecule has 8 nitrogen and oxygen atoms in total. The van der Waals surface area contributed by atoms with E-state index in [1.165, 1.54) is 24.3 Å². The third kappa shape index (κ3) is 6.03. The van der Waals surface area contributed by atoms with Crippen LogP contribution in [0, 0.1) is 6.92 Å². The van der Waals surface area contributed by atoms with E-state index < -0.39 is 15.9 Å². The molecule has 0 radical (unpaired) electrons. The topological polar surface area (TPSA) is 107 Å². The Hall–Kier alpha value is -3.43. The molecule has 2 aromatic carbocycles. The van der Waals surface area contributed by atoms with Crippen LogP contribution in [0.25, 0.3) is 0 Å². The molecular formula is C22H23N3O5S. The van der Waals surface area contributed by atoms with Gasteiger partial charge in [0.2, 0.25) is 5.88 Å². The van der Waals surface area contributed by atoms with E-state index in [0.29, 0.717) is 23.5 Å². The van der Waals surface area contributed by atoms with E-state index in [-0.39, 0.29) is 17.4 Å². The second-order valence-electron chi connectivity index (χ2n) is 6.65. The highest BCUT2D eigenvalue weighted by Gasteiger charge is 2.16. The van der Waals surface area contributed by atoms with Crippen molar-refractivity contribution in [1.82, 2.24) is 4.98 Å². The first-order valence-electron chi connectivity index (χ1n) is 9.47. The SMILES string of the molecule is COCCOc1ncccc1NC(=O)c1ccc(S(=O)(=O)Nc2ccc(C)cc2)cc1. The zero-order valence-electron chi connectivity index (χ0n) is 17.2. The van der Waals surface area contributed by atoms with E-state index in [9.17, 15) is 13.2 Å². The standard InChI is InChI=1S/C22H23N3O5S/c1-16-5-9-18(10-6-16)25-31(27,28)19-11-7-17(8-12-19)21(26)24-20-4-3-13-23-22(20)30-15-14-29-2/h3-13,25H,14-15H2,1-2H3,(H,24,26). The molecule has 0 saturated heterocycles. The summed E-state index contributed by atoms with van der Waals surface area (Å²) in [5.74, 6) is -0.144. The minimum absolute atomic E-state index is 0.0505. The van der Waals surface area contributed by atoms with Gasteiger partial charge in [0, 0.05) is 24.6 Å². The zero-order valence-corrected chi connectivity index (χ0v) is 18.0. The maximum atomic E-state index is 12.6. The summed E-state index contributed by atoms with van der Waals surface area (Å²) >= 11 is 0. The summed E-state index contributed by atoms with van der Waals surface area (Å²) in [6, 6.07) is 16.0. The average Bonchev–Trinajstić information content (AvgIpc) is 2.76. The first kappa shape index (κ1) is 22.3. The number of rotatable bonds is 9. The van der Waals surface area contributed by atoms with Gasteiger partial charge in [0.25, 0.3) is 15.9 Å². The largest absolute Gasteiger partial charge is 0.474 e. The van der Waals surface area contributed by atoms with Crippen molar-refractivity contribution in [3.63, 3.8) is 0 Å². The molecule has 1 amide bonds. The van der Waals surface area contributed by atoms with Crippen molar-refractivity contribution >= 4 is 27.3 Å². The Balaban J connectivity index is 1.70. The van der Waals surface area contributed by atoms with Crippen LogP contribution in [0.1, 0.15) is 15.9 Å². The number of aryl methyl sites for hydroxylation is 1. The van der Waals surface area contributed by atoms with Crippen molar-refractivity contribution in [2.24, 2.45) is 0 Å². The number of anilines is 2. The van der Waals surface area contributed by atoms with Gasteiger partial charge in [-0.2, -0.15) is 0 Å². The lowest BCUT2D eigenvalue weighted by Gasteiger charge is -2.12. The van der Waals surface area contributed by atoms with Gasteiger partial charge in [-0.25, -0.2) is 13.4 Å². The van der Waals surface area contributed by atoms with Crippen LogP contribution < -0.4 is 14.8 Å². The van der Waals surface area contributed by atoms with Crippen molar-refractivity contribution in [2.75, 3.05) is 30.4 Å². The molecule has 0 fully saturated rings. The highest BCUT2D eigenvalue weighted by molar-refractivity contribution is 7.92. The number of carbonyl (C=O) groups is 1. The fourth-order valence-corrected chi connectivity index (χ4v) is 3.70. The number of pyridine rings is 1. The van der Waals surface area contributed by atoms with Crippen LogP contribution in [0.4, 0.5) is 11.4 Å². The number of benzene rings is 2. The predicted molar refractivity (Wildman–Crippen MR) is 118 cm³/mol. The quantitative estimate of drug-likeness (QED) is 0.493. The highest BCUT2D eigenvalue weighted by atomic mass is 32.2. The van der Waals surface area contributed by atoms with Gasteiger partial charge >= 0.3 is 0 Å². The fraction of sp³-hybridized carbons (Fsp3) is 0.182. The fourth-order valence-electron chi connectivity index (χ4n) is 2.64. The first-order chi connectivity index (χ1) is 14.9. The van der Waals surface area contributed by atoms with E-state index in [1.807, 2.05) is 19.1 Å². The number of methoxy groups -OCH3 is 1. The molecule has 0 aliphatic heterocycles. The maximum Gasteiger partial charge on any atom is 0.261 e. The second kappa shape index (κ2) is 10.1. The second-order valence-corrected chi connectivity index (χ2v) is 8.33. The molecule has 3 aromatic rings. The van der Waals surface area contributed by atoms with Gasteiger partial charge in [-0.1, -0.05) is 17.7 Å². The molecular weight excluding hydrogens is 418 g/mol. The van der Waals surface area contributed by atoms with Crippen LogP contribution in [-0.2, 0) is 14.8 Å². The van der Waals surface area contributed by atoms with Crippen LogP contribution in [0.2, 0.25) is 0 Å². The van der Waals surface area contributed by atoms with E-state index in [4.69, 9.17) is 9.47 Å². The lowest BCUT2D eigenvalue weighted by Crippen LogP contribution is -2.16. The molecule has 0 aliphatic rings. The van der Waals surface area contributed by atoms with Gasteiger partial charge in [0.1, 0.15) is 12.3 Å². The highest BCUT2D eigenvalue weighted by Crippen LogP contribution is 2.22. The number of carbonyl (C=O) groups excluding carboxylic acids is 1. The Morgan fingerprint density at radius 2 is 1.71 bits per heavy atom. The lowest BCUT2D eigenvalue weighted by atomic mass is 10.2. The van der Waals surface area contributed by atoms with E-state index in [0.717, 1.165) is 5.56 Å². The van der Waals surface area contributed by atoms with E-state index >= 15 is 0 Å². The summed E-state index contributed by atoms with van der Waals surface area (Å²) in [6.07, 6.45) is 1.55. The van der Waals surface area contributed by atoms with Crippen LogP contribution in [0.5, 0.6) is 5.88 Å². The van der Waals surface area contributed by atoms with Gasteiger partial charge in [-0.15, -0.1) is 0 Å². The lowest BCUT2D eigenvalue weighted by molar-refractivity contribution is 0.102. The molecule has 3 rings (SSSR count). The Kier molecular flexibility index (Phi) is 7.22. The molecule has 2 N–H and O–H groups in total. The predicted octanol–water partition coefficient (Wildman–Crippen LogP) is 3.47. The number of amides is 1. The van der Waals surface area contributed by atoms with Crippen molar-refractivity contribution in [3.8, 4) is 5.88 Å². The smallest absolute Gasteiger partial charge is 0.261 e. The Bertz CT molecular complexity index is 1130. The van der Waals surface area contributed by atoms with Crippen molar-refractivity contribution in [1.29, 1.82) is 0 Å². The maximum absolute atomic E-state index is 12.6. The third-order valence-electron chi connectivity index (χ3n) is 4.28. The zero-order chi connectivity index (χ0) is 22.3. The summed E-state index contributed by atoms with van der Waals surface area (Å²) < 4.78 is 38.1. The van der Waals surface area contributed by atoms with Crippen LogP contribution in [-0.4, -0.2) is 39.6 Å². The summed E-state index contributed by atoms with van der Waals surface area (Å²) in [4.78, 5) is 16.8. The molecule has 0 bridgehead atoms. The van der Waals surface area contributed by atoms with Crippen LogP contribution in [0.3, 0.4) is 0 Å². The molecule has 0 spiro atoms. The number of sulfonamides is 1. The summed E-state index contributed by atoms with van der Waals surface area (Å²) in [7, 11) is -2.21. The first-order valence-corrected chi connectivity index (χ1v) is 10.9. The van der Waals surface area contributed by atoms with Crippen LogP contribution >= 0.6 is 0 Å². The Morgan fingerprint density at radius 3 is 2.39 bits per heavy atom.